The van der Waals surface area contributed by atoms with Crippen molar-refractivity contribution in [2.45, 2.75) is 40.2 Å². The molecule has 2 aromatic heterocycles. The molecule has 102 valence electrons. The zero-order chi connectivity index (χ0) is 14.2. The van der Waals surface area contributed by atoms with Gasteiger partial charge in [0, 0.05) is 0 Å². The predicted octanol–water partition coefficient (Wildman–Crippen LogP) is 1.89. The van der Waals surface area contributed by atoms with Gasteiger partial charge in [0.1, 0.15) is 17.7 Å². The summed E-state index contributed by atoms with van der Waals surface area (Å²) in [5.74, 6) is 0.587. The first-order chi connectivity index (χ1) is 8.80. The number of aromatic nitrogens is 4. The van der Waals surface area contributed by atoms with Gasteiger partial charge in [0.2, 0.25) is 5.95 Å². The highest BCUT2D eigenvalue weighted by atomic mass is 16.5. The van der Waals surface area contributed by atoms with E-state index in [1.807, 2.05) is 20.8 Å². The van der Waals surface area contributed by atoms with E-state index in [0.29, 0.717) is 23.0 Å². The number of nitrogens with one attached hydrogen (secondary N) is 1. The number of hydrogen-bond donors (Lipinski definition) is 1. The minimum absolute atomic E-state index is 0.266. The fourth-order valence-electron chi connectivity index (χ4n) is 1.79. The van der Waals surface area contributed by atoms with E-state index in [-0.39, 0.29) is 11.4 Å². The van der Waals surface area contributed by atoms with Crippen LogP contribution < -0.4 is 5.32 Å². The summed E-state index contributed by atoms with van der Waals surface area (Å²) < 4.78 is 6.64. The van der Waals surface area contributed by atoms with Gasteiger partial charge in [0.05, 0.1) is 11.2 Å². The molecule has 0 radical (unpaired) electrons. The van der Waals surface area contributed by atoms with E-state index < -0.39 is 0 Å². The third kappa shape index (κ3) is 2.49. The van der Waals surface area contributed by atoms with Crippen LogP contribution in [0.25, 0.3) is 0 Å². The van der Waals surface area contributed by atoms with E-state index in [1.165, 1.54) is 6.33 Å². The lowest BCUT2D eigenvalue weighted by atomic mass is 10.1. The highest BCUT2D eigenvalue weighted by Crippen LogP contribution is 2.19. The van der Waals surface area contributed by atoms with Crippen LogP contribution in [0.15, 0.2) is 10.9 Å². The molecule has 0 saturated carbocycles. The van der Waals surface area contributed by atoms with Crippen LogP contribution in [0.1, 0.15) is 42.6 Å². The van der Waals surface area contributed by atoms with Gasteiger partial charge >= 0.3 is 0 Å². The second-order valence-corrected chi connectivity index (χ2v) is 5.32. The van der Waals surface area contributed by atoms with Gasteiger partial charge in [-0.3, -0.25) is 10.1 Å². The average molecular weight is 263 g/mol. The van der Waals surface area contributed by atoms with E-state index in [2.05, 4.69) is 20.6 Å². The lowest BCUT2D eigenvalue weighted by molar-refractivity contribution is 0.102. The lowest BCUT2D eigenvalue weighted by Crippen LogP contribution is -2.27. The smallest absolute Gasteiger partial charge is 0.263 e. The number of hydrogen-bond acceptors (Lipinski definition) is 5. The van der Waals surface area contributed by atoms with Crippen LogP contribution in [0.2, 0.25) is 0 Å². The number of anilines is 1. The van der Waals surface area contributed by atoms with Crippen molar-refractivity contribution in [2.24, 2.45) is 0 Å². The molecule has 0 unspecified atom stereocenters. The first-order valence-corrected chi connectivity index (χ1v) is 5.95. The number of carbonyl (C=O) groups excluding carboxylic acids is 1. The van der Waals surface area contributed by atoms with Gasteiger partial charge in [-0.05, 0) is 34.6 Å². The molecule has 0 saturated heterocycles. The summed E-state index contributed by atoms with van der Waals surface area (Å²) in [6.45, 7) is 9.36. The zero-order valence-electron chi connectivity index (χ0n) is 11.7. The van der Waals surface area contributed by atoms with Crippen molar-refractivity contribution in [3.63, 3.8) is 0 Å². The van der Waals surface area contributed by atoms with Crippen LogP contribution in [0, 0.1) is 13.8 Å². The molecule has 0 bridgehead atoms. The van der Waals surface area contributed by atoms with E-state index in [0.717, 1.165) is 0 Å². The Bertz CT molecular complexity index is 586. The molecule has 7 heteroatoms. The number of rotatable bonds is 2. The molecule has 7 nitrogen and oxygen atoms in total. The SMILES string of the molecule is Cc1noc(C)c1C(=O)Nc1ncnn1C(C)(C)C. The van der Waals surface area contributed by atoms with Crippen LogP contribution in [0.4, 0.5) is 5.95 Å². The molecule has 0 atom stereocenters. The molecule has 1 N–H and O–H groups in total. The summed E-state index contributed by atoms with van der Waals surface area (Å²) >= 11 is 0. The molecular formula is C12H17N5O2. The number of carbonyl (C=O) groups is 1. The van der Waals surface area contributed by atoms with Crippen molar-refractivity contribution in [1.29, 1.82) is 0 Å². The molecule has 0 aliphatic rings. The second-order valence-electron chi connectivity index (χ2n) is 5.32. The Morgan fingerprint density at radius 3 is 2.58 bits per heavy atom. The van der Waals surface area contributed by atoms with Crippen LogP contribution in [0.3, 0.4) is 0 Å². The van der Waals surface area contributed by atoms with Crippen molar-refractivity contribution in [1.82, 2.24) is 19.9 Å². The summed E-state index contributed by atoms with van der Waals surface area (Å²) in [6, 6.07) is 0. The summed E-state index contributed by atoms with van der Waals surface area (Å²) in [6.07, 6.45) is 1.41. The van der Waals surface area contributed by atoms with Gasteiger partial charge < -0.3 is 4.52 Å². The van der Waals surface area contributed by atoms with Crippen LogP contribution in [-0.4, -0.2) is 25.8 Å². The van der Waals surface area contributed by atoms with Crippen LogP contribution in [-0.2, 0) is 5.54 Å². The molecule has 0 aliphatic heterocycles. The molecular weight excluding hydrogens is 246 g/mol. The second kappa shape index (κ2) is 4.49. The van der Waals surface area contributed by atoms with Gasteiger partial charge in [-0.2, -0.15) is 10.1 Å². The minimum atomic E-state index is -0.297. The van der Waals surface area contributed by atoms with Crippen molar-refractivity contribution in [2.75, 3.05) is 5.32 Å². The van der Waals surface area contributed by atoms with E-state index in [4.69, 9.17) is 4.52 Å². The van der Waals surface area contributed by atoms with Crippen molar-refractivity contribution in [3.05, 3.63) is 23.3 Å². The third-order valence-corrected chi connectivity index (χ3v) is 2.67. The molecule has 0 spiro atoms. The van der Waals surface area contributed by atoms with Gasteiger partial charge in [-0.1, -0.05) is 5.16 Å². The largest absolute Gasteiger partial charge is 0.361 e. The molecule has 19 heavy (non-hydrogen) atoms. The van der Waals surface area contributed by atoms with E-state index in [1.54, 1.807) is 18.5 Å². The Morgan fingerprint density at radius 2 is 2.05 bits per heavy atom. The fraction of sp³-hybridized carbons (Fsp3) is 0.500. The highest BCUT2D eigenvalue weighted by Gasteiger charge is 2.23. The first kappa shape index (κ1) is 13.3. The summed E-state index contributed by atoms with van der Waals surface area (Å²) in [5, 5.41) is 10.6. The van der Waals surface area contributed by atoms with Crippen LogP contribution >= 0.6 is 0 Å². The minimum Gasteiger partial charge on any atom is -0.361 e. The molecule has 0 aromatic carbocycles. The number of amides is 1. The fourth-order valence-corrected chi connectivity index (χ4v) is 1.79. The normalized spacial score (nSPS) is 11.6. The van der Waals surface area contributed by atoms with Gasteiger partial charge in [-0.15, -0.1) is 0 Å². The topological polar surface area (TPSA) is 85.8 Å². The molecule has 2 rings (SSSR count). The maximum absolute atomic E-state index is 12.2. The monoisotopic (exact) mass is 263 g/mol. The van der Waals surface area contributed by atoms with Crippen LogP contribution in [0.5, 0.6) is 0 Å². The van der Waals surface area contributed by atoms with Crippen molar-refractivity contribution in [3.8, 4) is 0 Å². The Labute approximate surface area is 111 Å². The van der Waals surface area contributed by atoms with Gasteiger partial charge in [0.25, 0.3) is 5.91 Å². The Morgan fingerprint density at radius 1 is 1.37 bits per heavy atom. The summed E-state index contributed by atoms with van der Waals surface area (Å²) in [7, 11) is 0. The zero-order valence-corrected chi connectivity index (χ0v) is 11.7. The molecule has 0 aliphatic carbocycles. The van der Waals surface area contributed by atoms with Gasteiger partial charge in [-0.25, -0.2) is 4.68 Å². The van der Waals surface area contributed by atoms with E-state index in [9.17, 15) is 4.79 Å². The summed E-state index contributed by atoms with van der Waals surface area (Å²) in [5.41, 5.74) is 0.720. The lowest BCUT2D eigenvalue weighted by Gasteiger charge is -2.20. The van der Waals surface area contributed by atoms with Gasteiger partial charge in [0.15, 0.2) is 0 Å². The van der Waals surface area contributed by atoms with Crippen molar-refractivity contribution >= 4 is 11.9 Å². The average Bonchev–Trinajstić information content (AvgIpc) is 2.85. The molecule has 2 aromatic rings. The number of aryl methyl sites for hydroxylation is 2. The van der Waals surface area contributed by atoms with E-state index >= 15 is 0 Å². The maximum atomic E-state index is 12.2. The predicted molar refractivity (Wildman–Crippen MR) is 68.9 cm³/mol. The Kier molecular flexibility index (Phi) is 3.13. The first-order valence-electron chi connectivity index (χ1n) is 5.95. The highest BCUT2D eigenvalue weighted by molar-refractivity contribution is 6.04. The van der Waals surface area contributed by atoms with Crippen molar-refractivity contribution < 1.29 is 9.32 Å². The summed E-state index contributed by atoms with van der Waals surface area (Å²) in [4.78, 5) is 16.3. The maximum Gasteiger partial charge on any atom is 0.263 e. The number of nitrogens with zero attached hydrogens (tertiary/aromatic N) is 4. The molecule has 1 amide bonds. The quantitative estimate of drug-likeness (QED) is 0.894. The Balaban J connectivity index is 2.28. The molecule has 0 fully saturated rings. The standard InChI is InChI=1S/C12H17N5O2/c1-7-9(8(2)19-16-7)10(18)15-11-13-6-14-17(11)12(3,4)5/h6H,1-5H3,(H,13,14,15,18). The third-order valence-electron chi connectivity index (χ3n) is 2.67. The molecule has 2 heterocycles. The Hall–Kier alpha value is -2.18.